The van der Waals surface area contributed by atoms with Crippen molar-refractivity contribution in [3.8, 4) is 0 Å². The van der Waals surface area contributed by atoms with Gasteiger partial charge >= 0.3 is 6.03 Å². The highest BCUT2D eigenvalue weighted by molar-refractivity contribution is 5.99. The van der Waals surface area contributed by atoms with Gasteiger partial charge in [-0.15, -0.1) is 0 Å². The molecule has 0 bridgehead atoms. The summed E-state index contributed by atoms with van der Waals surface area (Å²) in [4.78, 5) is 11.8. The third kappa shape index (κ3) is 3.48. The second-order valence-corrected chi connectivity index (χ2v) is 4.50. The van der Waals surface area contributed by atoms with Crippen LogP contribution in [-0.4, -0.2) is 6.03 Å². The maximum absolute atomic E-state index is 11.8. The Morgan fingerprint density at radius 3 is 2.11 bits per heavy atom. The van der Waals surface area contributed by atoms with E-state index in [1.165, 1.54) is 5.56 Å². The average molecular weight is 255 g/mol. The fourth-order valence-corrected chi connectivity index (χ4v) is 1.68. The van der Waals surface area contributed by atoms with Crippen LogP contribution in [0.25, 0.3) is 0 Å². The molecule has 2 amide bonds. The van der Waals surface area contributed by atoms with Crippen molar-refractivity contribution in [2.75, 3.05) is 16.4 Å². The summed E-state index contributed by atoms with van der Waals surface area (Å²) in [6, 6.07) is 12.5. The number of amides is 2. The molecule has 4 heteroatoms. The number of benzene rings is 2. The van der Waals surface area contributed by atoms with Gasteiger partial charge in [0, 0.05) is 17.1 Å². The molecule has 4 N–H and O–H groups in total. The zero-order valence-corrected chi connectivity index (χ0v) is 11.0. The molecule has 98 valence electrons. The molecule has 0 spiro atoms. The molecule has 0 aliphatic rings. The molecule has 0 aliphatic carbocycles. The van der Waals surface area contributed by atoms with E-state index >= 15 is 0 Å². The predicted octanol–water partition coefficient (Wildman–Crippen LogP) is 3.53. The predicted molar refractivity (Wildman–Crippen MR) is 79.4 cm³/mol. The lowest BCUT2D eigenvalue weighted by atomic mass is 10.1. The Labute approximate surface area is 112 Å². The Morgan fingerprint density at radius 2 is 1.47 bits per heavy atom. The number of nitrogen functional groups attached to an aromatic ring is 1. The van der Waals surface area contributed by atoms with Crippen LogP contribution in [0, 0.1) is 13.8 Å². The summed E-state index contributed by atoms with van der Waals surface area (Å²) in [6.45, 7) is 4.05. The van der Waals surface area contributed by atoms with Gasteiger partial charge in [0.2, 0.25) is 0 Å². The van der Waals surface area contributed by atoms with Gasteiger partial charge in [0.15, 0.2) is 0 Å². The lowest BCUT2D eigenvalue weighted by molar-refractivity contribution is 0.262. The van der Waals surface area contributed by atoms with Crippen molar-refractivity contribution in [1.29, 1.82) is 0 Å². The standard InChI is InChI=1S/C15H17N3O/c1-10-3-6-14(9-11(10)2)18-15(19)17-13-7-4-12(16)5-8-13/h3-9H,16H2,1-2H3,(H2,17,18,19). The molecular formula is C15H17N3O. The number of rotatable bonds is 2. The van der Waals surface area contributed by atoms with Crippen molar-refractivity contribution in [3.05, 3.63) is 53.6 Å². The lowest BCUT2D eigenvalue weighted by Gasteiger charge is -2.09. The number of nitrogens with two attached hydrogens (primary N) is 1. The summed E-state index contributed by atoms with van der Waals surface area (Å²) in [5.41, 5.74) is 10.1. The number of hydrogen-bond acceptors (Lipinski definition) is 2. The Morgan fingerprint density at radius 1 is 0.895 bits per heavy atom. The zero-order chi connectivity index (χ0) is 13.8. The molecule has 0 aliphatic heterocycles. The first kappa shape index (κ1) is 13.0. The molecule has 0 fully saturated rings. The molecule has 0 unspecified atom stereocenters. The van der Waals surface area contributed by atoms with Gasteiger partial charge < -0.3 is 16.4 Å². The lowest BCUT2D eigenvalue weighted by Crippen LogP contribution is -2.19. The van der Waals surface area contributed by atoms with Crippen molar-refractivity contribution >= 4 is 23.1 Å². The molecule has 2 aromatic rings. The molecule has 0 saturated heterocycles. The molecule has 0 heterocycles. The average Bonchev–Trinajstić information content (AvgIpc) is 2.37. The maximum Gasteiger partial charge on any atom is 0.323 e. The molecule has 2 aromatic carbocycles. The number of urea groups is 1. The van der Waals surface area contributed by atoms with Crippen molar-refractivity contribution in [1.82, 2.24) is 0 Å². The normalized spacial score (nSPS) is 10.0. The summed E-state index contributed by atoms with van der Waals surface area (Å²) in [7, 11) is 0. The highest BCUT2D eigenvalue weighted by Crippen LogP contribution is 2.15. The largest absolute Gasteiger partial charge is 0.399 e. The Balaban J connectivity index is 2.01. The van der Waals surface area contributed by atoms with Gasteiger partial charge in [0.25, 0.3) is 0 Å². The molecule has 0 radical (unpaired) electrons. The van der Waals surface area contributed by atoms with E-state index < -0.39 is 0 Å². The first-order valence-corrected chi connectivity index (χ1v) is 6.05. The van der Waals surface area contributed by atoms with Crippen molar-refractivity contribution in [2.45, 2.75) is 13.8 Å². The fraction of sp³-hybridized carbons (Fsp3) is 0.133. The minimum atomic E-state index is -0.270. The molecule has 0 aromatic heterocycles. The van der Waals surface area contributed by atoms with Gasteiger partial charge in [-0.1, -0.05) is 6.07 Å². The molecular weight excluding hydrogens is 238 g/mol. The van der Waals surface area contributed by atoms with Crippen molar-refractivity contribution in [2.24, 2.45) is 0 Å². The van der Waals surface area contributed by atoms with Crippen LogP contribution in [-0.2, 0) is 0 Å². The van der Waals surface area contributed by atoms with E-state index in [4.69, 9.17) is 5.73 Å². The smallest absolute Gasteiger partial charge is 0.323 e. The van der Waals surface area contributed by atoms with Gasteiger partial charge in [0.05, 0.1) is 0 Å². The Bertz CT molecular complexity index is 591. The third-order valence-electron chi connectivity index (χ3n) is 2.93. The Hall–Kier alpha value is -2.49. The molecule has 0 atom stereocenters. The summed E-state index contributed by atoms with van der Waals surface area (Å²) in [5.74, 6) is 0. The maximum atomic E-state index is 11.8. The molecule has 2 rings (SSSR count). The van der Waals surface area contributed by atoms with E-state index in [-0.39, 0.29) is 6.03 Å². The van der Waals surface area contributed by atoms with Crippen LogP contribution in [0.4, 0.5) is 21.9 Å². The molecule has 19 heavy (non-hydrogen) atoms. The van der Waals surface area contributed by atoms with Crippen LogP contribution in [0.15, 0.2) is 42.5 Å². The molecule has 4 nitrogen and oxygen atoms in total. The zero-order valence-electron chi connectivity index (χ0n) is 11.0. The number of carbonyl (C=O) groups is 1. The summed E-state index contributed by atoms with van der Waals surface area (Å²) in [6.07, 6.45) is 0. The summed E-state index contributed by atoms with van der Waals surface area (Å²) < 4.78 is 0. The van der Waals surface area contributed by atoms with E-state index in [2.05, 4.69) is 10.6 Å². The number of hydrogen-bond donors (Lipinski definition) is 3. The highest BCUT2D eigenvalue weighted by atomic mass is 16.2. The third-order valence-corrected chi connectivity index (χ3v) is 2.93. The second-order valence-electron chi connectivity index (χ2n) is 4.50. The van der Waals surface area contributed by atoms with Crippen molar-refractivity contribution < 1.29 is 4.79 Å². The first-order valence-electron chi connectivity index (χ1n) is 6.05. The first-order chi connectivity index (χ1) is 9.04. The summed E-state index contributed by atoms with van der Waals surface area (Å²) >= 11 is 0. The Kier molecular flexibility index (Phi) is 3.71. The van der Waals surface area contributed by atoms with E-state index in [0.717, 1.165) is 11.3 Å². The number of nitrogens with one attached hydrogen (secondary N) is 2. The number of aryl methyl sites for hydroxylation is 2. The topological polar surface area (TPSA) is 67.2 Å². The van der Waals surface area contributed by atoms with Crippen LogP contribution in [0.1, 0.15) is 11.1 Å². The van der Waals surface area contributed by atoms with Crippen LogP contribution >= 0.6 is 0 Å². The highest BCUT2D eigenvalue weighted by Gasteiger charge is 2.03. The van der Waals surface area contributed by atoms with E-state index in [9.17, 15) is 4.79 Å². The van der Waals surface area contributed by atoms with E-state index in [1.807, 2.05) is 32.0 Å². The summed E-state index contributed by atoms with van der Waals surface area (Å²) in [5, 5.41) is 5.54. The van der Waals surface area contributed by atoms with Crippen LogP contribution in [0.2, 0.25) is 0 Å². The van der Waals surface area contributed by atoms with Crippen LogP contribution in [0.5, 0.6) is 0 Å². The molecule has 0 saturated carbocycles. The quantitative estimate of drug-likeness (QED) is 0.719. The van der Waals surface area contributed by atoms with E-state index in [1.54, 1.807) is 24.3 Å². The van der Waals surface area contributed by atoms with Crippen LogP contribution in [0.3, 0.4) is 0 Å². The van der Waals surface area contributed by atoms with Gasteiger partial charge in [-0.2, -0.15) is 0 Å². The second kappa shape index (κ2) is 5.44. The van der Waals surface area contributed by atoms with Gasteiger partial charge in [-0.25, -0.2) is 4.79 Å². The fourth-order valence-electron chi connectivity index (χ4n) is 1.68. The van der Waals surface area contributed by atoms with E-state index in [0.29, 0.717) is 11.4 Å². The van der Waals surface area contributed by atoms with Gasteiger partial charge in [-0.05, 0) is 61.4 Å². The number of anilines is 3. The monoisotopic (exact) mass is 255 g/mol. The number of carbonyl (C=O) groups excluding carboxylic acids is 1. The minimum absolute atomic E-state index is 0.270. The van der Waals surface area contributed by atoms with Crippen molar-refractivity contribution in [3.63, 3.8) is 0 Å². The minimum Gasteiger partial charge on any atom is -0.399 e. The van der Waals surface area contributed by atoms with Gasteiger partial charge in [-0.3, -0.25) is 0 Å². The van der Waals surface area contributed by atoms with Gasteiger partial charge in [0.1, 0.15) is 0 Å². The van der Waals surface area contributed by atoms with Crippen LogP contribution < -0.4 is 16.4 Å². The SMILES string of the molecule is Cc1ccc(NC(=O)Nc2ccc(N)cc2)cc1C.